The molecule has 3 N–H and O–H groups in total. The average Bonchev–Trinajstić information content (AvgIpc) is 1.00. The molecule has 0 aliphatic carbocycles. The van der Waals surface area contributed by atoms with Crippen molar-refractivity contribution in [2.45, 2.75) is 0 Å². The SMILES string of the molecule is C#N.N.[H-].[Na+]. The van der Waals surface area contributed by atoms with Crippen LogP contribution in [-0.4, -0.2) is 0 Å². The molecule has 0 aromatic rings. The maximum atomic E-state index is 6.50. The summed E-state index contributed by atoms with van der Waals surface area (Å²) in [6.07, 6.45) is 0. The molecule has 3 heteroatoms. The van der Waals surface area contributed by atoms with Gasteiger partial charge in [0.1, 0.15) is 0 Å². The quantitative estimate of drug-likeness (QED) is 0.317. The van der Waals surface area contributed by atoms with Crippen LogP contribution in [-0.2, 0) is 0 Å². The largest absolute Gasteiger partial charge is 1.00 e. The fraction of sp³-hybridized carbons (Fsp3) is 0. The van der Waals surface area contributed by atoms with Crippen LogP contribution in [0.4, 0.5) is 0 Å². The van der Waals surface area contributed by atoms with Crippen LogP contribution in [0.25, 0.3) is 0 Å². The molecule has 0 aliphatic rings. The van der Waals surface area contributed by atoms with Crippen LogP contribution in [0.5, 0.6) is 0 Å². The zero-order valence-corrected chi connectivity index (χ0v) is 4.73. The molecule has 0 amide bonds. The van der Waals surface area contributed by atoms with E-state index in [1.807, 2.05) is 0 Å². The Hall–Kier alpha value is 0.450. The van der Waals surface area contributed by atoms with E-state index in [1.54, 1.807) is 0 Å². The van der Waals surface area contributed by atoms with Gasteiger partial charge in [0.05, 0.1) is 0 Å². The Balaban J connectivity index is -0.00000000167. The summed E-state index contributed by atoms with van der Waals surface area (Å²) in [5.74, 6) is 0. The number of nitrogens with zero attached hydrogens (tertiary/aromatic N) is 1. The molecule has 0 unspecified atom stereocenters. The summed E-state index contributed by atoms with van der Waals surface area (Å²) in [6, 6.07) is 0. The molecule has 2 nitrogen and oxygen atoms in total. The zero-order chi connectivity index (χ0) is 2.00. The predicted molar refractivity (Wildman–Crippen MR) is 12.8 cm³/mol. The van der Waals surface area contributed by atoms with Crippen LogP contribution in [0.2, 0.25) is 0 Å². The summed E-state index contributed by atoms with van der Waals surface area (Å²) < 4.78 is 0. The van der Waals surface area contributed by atoms with Crippen molar-refractivity contribution >= 4 is 0 Å². The molecular formula is CH5N2Na. The van der Waals surface area contributed by atoms with E-state index in [2.05, 4.69) is 6.57 Å². The predicted octanol–water partition coefficient (Wildman–Crippen LogP) is -2.58. The van der Waals surface area contributed by atoms with Gasteiger partial charge in [0.25, 0.3) is 0 Å². The molecule has 0 atom stereocenters. The van der Waals surface area contributed by atoms with Crippen LogP contribution >= 0.6 is 0 Å². The van der Waals surface area contributed by atoms with Gasteiger partial charge >= 0.3 is 29.6 Å². The number of hydrogen-bond acceptors (Lipinski definition) is 2. The molecule has 0 bridgehead atoms. The second-order valence-corrected chi connectivity index (χ2v) is 0. The third kappa shape index (κ3) is 25.4. The van der Waals surface area contributed by atoms with Crippen molar-refractivity contribution in [3.05, 3.63) is 0 Å². The van der Waals surface area contributed by atoms with E-state index in [0.717, 1.165) is 0 Å². The van der Waals surface area contributed by atoms with Gasteiger partial charge in [-0.25, -0.2) is 5.26 Å². The van der Waals surface area contributed by atoms with Crippen molar-refractivity contribution in [3.63, 3.8) is 0 Å². The average molecular weight is 68.1 g/mol. The van der Waals surface area contributed by atoms with Crippen molar-refractivity contribution in [2.24, 2.45) is 0 Å². The Morgan fingerprint density at radius 1 is 1.50 bits per heavy atom. The normalized spacial score (nSPS) is 0.500. The molecule has 0 radical (unpaired) electrons. The van der Waals surface area contributed by atoms with Crippen LogP contribution in [0.3, 0.4) is 0 Å². The van der Waals surface area contributed by atoms with E-state index in [0.29, 0.717) is 0 Å². The molecule has 0 rings (SSSR count). The van der Waals surface area contributed by atoms with Gasteiger partial charge in [-0.3, -0.25) is 0 Å². The fourth-order valence-electron chi connectivity index (χ4n) is 0. The van der Waals surface area contributed by atoms with Gasteiger partial charge in [-0.05, 0) is 0 Å². The molecular weight excluding hydrogens is 63.0 g/mol. The van der Waals surface area contributed by atoms with Gasteiger partial charge < -0.3 is 7.58 Å². The first-order chi connectivity index (χ1) is 1.00. The second-order valence-electron chi connectivity index (χ2n) is 0. The van der Waals surface area contributed by atoms with E-state index in [1.165, 1.54) is 0 Å². The summed E-state index contributed by atoms with van der Waals surface area (Å²) in [6.45, 7) is 3.50. The summed E-state index contributed by atoms with van der Waals surface area (Å²) in [7, 11) is 0. The monoisotopic (exact) mass is 68.0 g/mol. The molecule has 0 saturated heterocycles. The molecule has 0 spiro atoms. The van der Waals surface area contributed by atoms with E-state index < -0.39 is 0 Å². The molecule has 0 aliphatic heterocycles. The molecule has 0 saturated carbocycles. The number of nitriles is 1. The zero-order valence-electron chi connectivity index (χ0n) is 3.73. The van der Waals surface area contributed by atoms with Crippen molar-refractivity contribution in [1.29, 1.82) is 5.26 Å². The summed E-state index contributed by atoms with van der Waals surface area (Å²) in [4.78, 5) is 0. The second kappa shape index (κ2) is 102. The van der Waals surface area contributed by atoms with Crippen molar-refractivity contribution in [3.8, 4) is 6.57 Å². The first-order valence-corrected chi connectivity index (χ1v) is 0.258. The topological polar surface area (TPSA) is 58.8 Å². The Morgan fingerprint density at radius 2 is 1.50 bits per heavy atom. The summed E-state index contributed by atoms with van der Waals surface area (Å²) >= 11 is 0. The standard InChI is InChI=1S/CHN.H3N.Na.H/c1-2;;;/h1H;1H3;;/q;;+1;-1. The van der Waals surface area contributed by atoms with Crippen LogP contribution in [0.1, 0.15) is 1.43 Å². The first-order valence-electron chi connectivity index (χ1n) is 0.258. The van der Waals surface area contributed by atoms with Crippen LogP contribution < -0.4 is 35.7 Å². The Labute approximate surface area is 49.2 Å². The van der Waals surface area contributed by atoms with Gasteiger partial charge in [0.15, 0.2) is 0 Å². The van der Waals surface area contributed by atoms with E-state index in [-0.39, 0.29) is 37.1 Å². The minimum Gasteiger partial charge on any atom is -1.00 e. The maximum absolute atomic E-state index is 6.50. The third-order valence-electron chi connectivity index (χ3n) is 0. The number of rotatable bonds is 0. The van der Waals surface area contributed by atoms with Crippen molar-refractivity contribution < 1.29 is 31.0 Å². The number of hydrogen-bond donors (Lipinski definition) is 1. The van der Waals surface area contributed by atoms with Gasteiger partial charge in [-0.2, -0.15) is 0 Å². The van der Waals surface area contributed by atoms with E-state index >= 15 is 0 Å². The third-order valence-corrected chi connectivity index (χ3v) is 0. The first kappa shape index (κ1) is 25.2. The van der Waals surface area contributed by atoms with Gasteiger partial charge in [-0.1, -0.05) is 0 Å². The van der Waals surface area contributed by atoms with E-state index in [9.17, 15) is 0 Å². The Morgan fingerprint density at radius 3 is 1.50 bits per heavy atom. The summed E-state index contributed by atoms with van der Waals surface area (Å²) in [5.41, 5.74) is 0. The Bertz CT molecular complexity index is 14.4. The smallest absolute Gasteiger partial charge is 1.00 e. The molecule has 0 heterocycles. The van der Waals surface area contributed by atoms with Crippen LogP contribution in [0, 0.1) is 11.8 Å². The van der Waals surface area contributed by atoms with Crippen LogP contribution in [0.15, 0.2) is 0 Å². The molecule has 20 valence electrons. The van der Waals surface area contributed by atoms with Gasteiger partial charge in [0.2, 0.25) is 0 Å². The Kier molecular flexibility index (Phi) is 644. The minimum atomic E-state index is 0. The summed E-state index contributed by atoms with van der Waals surface area (Å²) in [5, 5.41) is 6.50. The minimum absolute atomic E-state index is 0. The maximum Gasteiger partial charge on any atom is 1.00 e. The molecule has 4 heavy (non-hydrogen) atoms. The fourth-order valence-corrected chi connectivity index (χ4v) is 0. The molecule has 0 aromatic heterocycles. The van der Waals surface area contributed by atoms with E-state index in [4.69, 9.17) is 5.26 Å². The van der Waals surface area contributed by atoms with Crippen molar-refractivity contribution in [1.82, 2.24) is 6.15 Å². The van der Waals surface area contributed by atoms with Gasteiger partial charge in [0, 0.05) is 6.57 Å². The van der Waals surface area contributed by atoms with Gasteiger partial charge in [-0.15, -0.1) is 0 Å². The molecule has 0 aromatic carbocycles. The molecule has 0 fully saturated rings. The van der Waals surface area contributed by atoms with Crippen molar-refractivity contribution in [2.75, 3.05) is 0 Å².